The van der Waals surface area contributed by atoms with Crippen molar-refractivity contribution in [2.75, 3.05) is 33.0 Å². The minimum atomic E-state index is -0.601. The number of hydrogen-bond acceptors (Lipinski definition) is 4. The van der Waals surface area contributed by atoms with E-state index < -0.39 is 11.6 Å². The van der Waals surface area contributed by atoms with E-state index in [1.807, 2.05) is 0 Å². The predicted octanol–water partition coefficient (Wildman–Crippen LogP) is 2.91. The molecule has 2 fully saturated rings. The number of morpholine rings is 1. The van der Waals surface area contributed by atoms with Gasteiger partial charge in [0.05, 0.1) is 31.1 Å². The summed E-state index contributed by atoms with van der Waals surface area (Å²) in [6.07, 6.45) is 3.59. The van der Waals surface area contributed by atoms with Crippen molar-refractivity contribution in [3.05, 3.63) is 41.9 Å². The number of hydrogen-bond donors (Lipinski definition) is 1. The van der Waals surface area contributed by atoms with Gasteiger partial charge in [-0.3, -0.25) is 4.90 Å². The molecule has 5 nitrogen and oxygen atoms in total. The summed E-state index contributed by atoms with van der Waals surface area (Å²) in [6, 6.07) is 4.01. The average Bonchev–Trinajstić information content (AvgIpc) is 3.12. The summed E-state index contributed by atoms with van der Waals surface area (Å²) in [5.74, 6) is -0.436. The van der Waals surface area contributed by atoms with Crippen molar-refractivity contribution >= 4 is 0 Å². The number of nitrogens with one attached hydrogen (secondary N) is 1. The molecule has 7 heteroatoms. The van der Waals surface area contributed by atoms with Gasteiger partial charge in [-0.2, -0.15) is 0 Å². The molecule has 1 N–H and O–H groups in total. The first-order chi connectivity index (χ1) is 12.2. The lowest BCUT2D eigenvalue weighted by Gasteiger charge is -2.41. The predicted molar refractivity (Wildman–Crippen MR) is 88.0 cm³/mol. The van der Waals surface area contributed by atoms with Crippen LogP contribution in [-0.2, 0) is 9.47 Å². The number of aromatic amines is 1. The largest absolute Gasteiger partial charge is 0.381 e. The molecular formula is C18H21F2N3O2. The molecule has 2 saturated heterocycles. The molecule has 1 atom stereocenters. The smallest absolute Gasteiger partial charge is 0.135 e. The Kier molecular flexibility index (Phi) is 4.78. The lowest BCUT2D eigenvalue weighted by molar-refractivity contribution is -0.0589. The Morgan fingerprint density at radius 3 is 2.76 bits per heavy atom. The highest BCUT2D eigenvalue weighted by molar-refractivity contribution is 5.59. The standard InChI is InChI=1S/C18H21F2N3O2/c19-12-1-2-14(15(20)9-12)16-10-21-18(22-16)17-11-25-8-5-23(17)13-3-6-24-7-4-13/h1-2,9-10,13,17H,3-8,11H2,(H,21,22). The Hall–Kier alpha value is -1.83. The minimum absolute atomic E-state index is 0.00843. The SMILES string of the molecule is Fc1ccc(-c2cnc(C3COCCN3C3CCOCC3)[nH]2)c(F)c1. The molecule has 1 aromatic heterocycles. The van der Waals surface area contributed by atoms with Crippen LogP contribution in [0.3, 0.4) is 0 Å². The summed E-state index contributed by atoms with van der Waals surface area (Å²) in [5, 5.41) is 0. The van der Waals surface area contributed by atoms with Gasteiger partial charge in [0.25, 0.3) is 0 Å². The van der Waals surface area contributed by atoms with Crippen molar-refractivity contribution in [2.24, 2.45) is 0 Å². The molecule has 134 valence electrons. The highest BCUT2D eigenvalue weighted by atomic mass is 19.1. The van der Waals surface area contributed by atoms with Crippen LogP contribution in [0.1, 0.15) is 24.7 Å². The molecule has 4 rings (SSSR count). The molecule has 2 aliphatic heterocycles. The van der Waals surface area contributed by atoms with Gasteiger partial charge >= 0.3 is 0 Å². The molecule has 0 spiro atoms. The highest BCUT2D eigenvalue weighted by Crippen LogP contribution is 2.30. The molecule has 0 aliphatic carbocycles. The lowest BCUT2D eigenvalue weighted by Crippen LogP contribution is -2.48. The molecule has 1 unspecified atom stereocenters. The maximum absolute atomic E-state index is 14.0. The fourth-order valence-electron chi connectivity index (χ4n) is 3.66. The van der Waals surface area contributed by atoms with Crippen LogP contribution in [0.5, 0.6) is 0 Å². The number of imidazole rings is 1. The first-order valence-corrected chi connectivity index (χ1v) is 8.64. The van der Waals surface area contributed by atoms with Gasteiger partial charge in [0.15, 0.2) is 0 Å². The van der Waals surface area contributed by atoms with Crippen LogP contribution < -0.4 is 0 Å². The quantitative estimate of drug-likeness (QED) is 0.926. The highest BCUT2D eigenvalue weighted by Gasteiger charge is 2.33. The summed E-state index contributed by atoms with van der Waals surface area (Å²) in [4.78, 5) is 10.1. The number of aromatic nitrogens is 2. The first kappa shape index (κ1) is 16.6. The monoisotopic (exact) mass is 349 g/mol. The van der Waals surface area contributed by atoms with Crippen LogP contribution in [0.4, 0.5) is 8.78 Å². The van der Waals surface area contributed by atoms with Gasteiger partial charge in [-0.15, -0.1) is 0 Å². The summed E-state index contributed by atoms with van der Waals surface area (Å²) in [6.45, 7) is 3.65. The van der Waals surface area contributed by atoms with Crippen LogP contribution in [0.2, 0.25) is 0 Å². The van der Waals surface area contributed by atoms with Gasteiger partial charge in [-0.05, 0) is 25.0 Å². The van der Waals surface area contributed by atoms with E-state index in [2.05, 4.69) is 14.9 Å². The molecular weight excluding hydrogens is 328 g/mol. The molecule has 25 heavy (non-hydrogen) atoms. The van der Waals surface area contributed by atoms with Crippen LogP contribution in [0.15, 0.2) is 24.4 Å². The van der Waals surface area contributed by atoms with Crippen molar-refractivity contribution in [2.45, 2.75) is 24.9 Å². The molecule has 2 aromatic rings. The van der Waals surface area contributed by atoms with Crippen molar-refractivity contribution in [3.63, 3.8) is 0 Å². The number of benzene rings is 1. The van der Waals surface area contributed by atoms with Crippen molar-refractivity contribution in [3.8, 4) is 11.3 Å². The maximum atomic E-state index is 14.0. The van der Waals surface area contributed by atoms with E-state index in [1.54, 1.807) is 6.20 Å². The fraction of sp³-hybridized carbons (Fsp3) is 0.500. The Bertz CT molecular complexity index is 731. The van der Waals surface area contributed by atoms with Gasteiger partial charge < -0.3 is 14.5 Å². The molecule has 0 amide bonds. The summed E-state index contributed by atoms with van der Waals surface area (Å²) >= 11 is 0. The minimum Gasteiger partial charge on any atom is -0.381 e. The van der Waals surface area contributed by atoms with E-state index in [-0.39, 0.29) is 6.04 Å². The van der Waals surface area contributed by atoms with Gasteiger partial charge in [-0.1, -0.05) is 0 Å². The Labute approximate surface area is 145 Å². The number of halogens is 2. The molecule has 2 aliphatic rings. The van der Waals surface area contributed by atoms with Gasteiger partial charge in [0.1, 0.15) is 17.5 Å². The molecule has 1 aromatic carbocycles. The molecule has 0 radical (unpaired) electrons. The van der Waals surface area contributed by atoms with Gasteiger partial charge in [-0.25, -0.2) is 13.8 Å². The zero-order valence-corrected chi connectivity index (χ0v) is 13.9. The Morgan fingerprint density at radius 2 is 1.96 bits per heavy atom. The van der Waals surface area contributed by atoms with Gasteiger partial charge in [0, 0.05) is 37.4 Å². The third-order valence-electron chi connectivity index (χ3n) is 4.96. The van der Waals surface area contributed by atoms with E-state index in [4.69, 9.17) is 9.47 Å². The van der Waals surface area contributed by atoms with Gasteiger partial charge in [0.2, 0.25) is 0 Å². The zero-order chi connectivity index (χ0) is 17.2. The molecule has 3 heterocycles. The van der Waals surface area contributed by atoms with Crippen molar-refractivity contribution in [1.82, 2.24) is 14.9 Å². The van der Waals surface area contributed by atoms with Crippen LogP contribution in [0.25, 0.3) is 11.3 Å². The maximum Gasteiger partial charge on any atom is 0.135 e. The normalized spacial score (nSPS) is 23.0. The Balaban J connectivity index is 1.58. The number of H-pyrrole nitrogens is 1. The third-order valence-corrected chi connectivity index (χ3v) is 4.96. The fourth-order valence-corrected chi connectivity index (χ4v) is 3.66. The second kappa shape index (κ2) is 7.19. The van der Waals surface area contributed by atoms with Crippen LogP contribution in [-0.4, -0.2) is 53.9 Å². The number of ether oxygens (including phenoxy) is 2. The summed E-state index contributed by atoms with van der Waals surface area (Å²) < 4.78 is 38.3. The number of rotatable bonds is 3. The average molecular weight is 349 g/mol. The molecule has 0 saturated carbocycles. The number of nitrogens with zero attached hydrogens (tertiary/aromatic N) is 2. The van der Waals surface area contributed by atoms with E-state index in [0.29, 0.717) is 30.5 Å². The topological polar surface area (TPSA) is 50.4 Å². The zero-order valence-electron chi connectivity index (χ0n) is 13.9. The Morgan fingerprint density at radius 1 is 1.12 bits per heavy atom. The third kappa shape index (κ3) is 3.44. The van der Waals surface area contributed by atoms with Crippen molar-refractivity contribution in [1.29, 1.82) is 0 Å². The lowest BCUT2D eigenvalue weighted by atomic mass is 10.0. The van der Waals surface area contributed by atoms with E-state index >= 15 is 0 Å². The summed E-state index contributed by atoms with van der Waals surface area (Å²) in [5.41, 5.74) is 0.861. The molecule has 0 bridgehead atoms. The van der Waals surface area contributed by atoms with E-state index in [1.165, 1.54) is 12.1 Å². The van der Waals surface area contributed by atoms with Crippen molar-refractivity contribution < 1.29 is 18.3 Å². The van der Waals surface area contributed by atoms with Crippen LogP contribution >= 0.6 is 0 Å². The first-order valence-electron chi connectivity index (χ1n) is 8.64. The second-order valence-electron chi connectivity index (χ2n) is 6.48. The van der Waals surface area contributed by atoms with E-state index in [9.17, 15) is 8.78 Å². The van der Waals surface area contributed by atoms with Crippen LogP contribution in [0, 0.1) is 11.6 Å². The second-order valence-corrected chi connectivity index (χ2v) is 6.48. The van der Waals surface area contributed by atoms with E-state index in [0.717, 1.165) is 44.5 Å². The summed E-state index contributed by atoms with van der Waals surface area (Å²) in [7, 11) is 0.